The molecule has 0 aliphatic heterocycles. The van der Waals surface area contributed by atoms with Crippen LogP contribution in [0.2, 0.25) is 0 Å². The Morgan fingerprint density at radius 2 is 2.00 bits per heavy atom. The summed E-state index contributed by atoms with van der Waals surface area (Å²) in [4.78, 5) is 10.9. The zero-order chi connectivity index (χ0) is 14.2. The SMILES string of the molecule is O=Cc1cc(C2CC2)c(C(F)(F)F)cc1CS(=O)[O-]. The van der Waals surface area contributed by atoms with Gasteiger partial charge in [-0.1, -0.05) is 11.1 Å². The predicted octanol–water partition coefficient (Wildman–Crippen LogP) is 2.77. The molecule has 0 radical (unpaired) electrons. The average Bonchev–Trinajstić information content (AvgIpc) is 3.10. The Kier molecular flexibility index (Phi) is 3.78. The van der Waals surface area contributed by atoms with Gasteiger partial charge in [0.05, 0.1) is 5.56 Å². The molecular formula is C12H10F3O3S-. The number of benzene rings is 1. The lowest BCUT2D eigenvalue weighted by Crippen LogP contribution is -2.12. The fraction of sp³-hybridized carbons (Fsp3) is 0.417. The minimum absolute atomic E-state index is 0.0131. The summed E-state index contributed by atoms with van der Waals surface area (Å²) >= 11 is -2.54. The van der Waals surface area contributed by atoms with Crippen molar-refractivity contribution in [3.63, 3.8) is 0 Å². The van der Waals surface area contributed by atoms with E-state index in [0.29, 0.717) is 19.1 Å². The molecule has 1 aliphatic rings. The number of carbonyl (C=O) groups excluding carboxylic acids is 1. The zero-order valence-electron chi connectivity index (χ0n) is 9.70. The maximum atomic E-state index is 12.9. The summed E-state index contributed by atoms with van der Waals surface area (Å²) in [5, 5.41) is 0. The molecule has 0 aromatic heterocycles. The van der Waals surface area contributed by atoms with Crippen molar-refractivity contribution in [2.75, 3.05) is 0 Å². The molecule has 0 bridgehead atoms. The van der Waals surface area contributed by atoms with Crippen LogP contribution in [0.25, 0.3) is 0 Å². The van der Waals surface area contributed by atoms with Crippen LogP contribution >= 0.6 is 0 Å². The van der Waals surface area contributed by atoms with E-state index in [9.17, 15) is 26.7 Å². The fourth-order valence-corrected chi connectivity index (χ4v) is 2.52. The highest BCUT2D eigenvalue weighted by Crippen LogP contribution is 2.46. The Labute approximate surface area is 110 Å². The van der Waals surface area contributed by atoms with Crippen LogP contribution in [0.15, 0.2) is 12.1 Å². The van der Waals surface area contributed by atoms with Gasteiger partial charge in [0.15, 0.2) is 0 Å². The van der Waals surface area contributed by atoms with Gasteiger partial charge in [0.2, 0.25) is 0 Å². The van der Waals surface area contributed by atoms with Crippen molar-refractivity contribution in [2.24, 2.45) is 0 Å². The maximum Gasteiger partial charge on any atom is 0.416 e. The summed E-state index contributed by atoms with van der Waals surface area (Å²) in [6, 6.07) is 1.96. The van der Waals surface area contributed by atoms with E-state index in [1.54, 1.807) is 0 Å². The molecule has 1 unspecified atom stereocenters. The van der Waals surface area contributed by atoms with Crippen molar-refractivity contribution < 1.29 is 26.7 Å². The Morgan fingerprint density at radius 3 is 2.42 bits per heavy atom. The summed E-state index contributed by atoms with van der Waals surface area (Å²) in [7, 11) is 0. The highest BCUT2D eigenvalue weighted by atomic mass is 32.2. The molecule has 0 saturated heterocycles. The van der Waals surface area contributed by atoms with Crippen LogP contribution in [-0.2, 0) is 23.0 Å². The van der Waals surface area contributed by atoms with Crippen LogP contribution in [0.1, 0.15) is 45.8 Å². The highest BCUT2D eigenvalue weighted by molar-refractivity contribution is 7.78. The molecule has 1 aliphatic carbocycles. The van der Waals surface area contributed by atoms with Crippen molar-refractivity contribution in [1.82, 2.24) is 0 Å². The van der Waals surface area contributed by atoms with Gasteiger partial charge in [0.1, 0.15) is 6.29 Å². The molecule has 1 fully saturated rings. The highest BCUT2D eigenvalue weighted by Gasteiger charge is 2.38. The van der Waals surface area contributed by atoms with Crippen LogP contribution in [0.5, 0.6) is 0 Å². The molecule has 3 nitrogen and oxygen atoms in total. The number of carbonyl (C=O) groups is 1. The van der Waals surface area contributed by atoms with Crippen molar-refractivity contribution in [3.8, 4) is 0 Å². The molecule has 19 heavy (non-hydrogen) atoms. The van der Waals surface area contributed by atoms with E-state index in [2.05, 4.69) is 0 Å². The van der Waals surface area contributed by atoms with Crippen LogP contribution < -0.4 is 0 Å². The van der Waals surface area contributed by atoms with Crippen molar-refractivity contribution in [2.45, 2.75) is 30.7 Å². The standard InChI is InChI=1S/C12H11F3O3S/c13-12(14,15)11-4-9(6-19(17)18)8(5-16)3-10(11)7-1-2-7/h3-5,7H,1-2,6H2,(H,17,18)/p-1. The van der Waals surface area contributed by atoms with Crippen LogP contribution in [0, 0.1) is 0 Å². The minimum Gasteiger partial charge on any atom is -0.772 e. The lowest BCUT2D eigenvalue weighted by Gasteiger charge is -2.16. The third kappa shape index (κ3) is 3.22. The van der Waals surface area contributed by atoms with Crippen molar-refractivity contribution >= 4 is 17.4 Å². The molecule has 0 N–H and O–H groups in total. The first kappa shape index (κ1) is 14.2. The summed E-state index contributed by atoms with van der Waals surface area (Å²) in [6.07, 6.45) is -2.82. The molecule has 2 rings (SSSR count). The molecule has 1 aromatic rings. The lowest BCUT2D eigenvalue weighted by molar-refractivity contribution is -0.138. The summed E-state index contributed by atoms with van der Waals surface area (Å²) in [6.45, 7) is 0. The second-order valence-electron chi connectivity index (χ2n) is 4.48. The second-order valence-corrected chi connectivity index (χ2v) is 5.37. The zero-order valence-corrected chi connectivity index (χ0v) is 10.5. The van der Waals surface area contributed by atoms with Crippen LogP contribution in [0.3, 0.4) is 0 Å². The molecule has 1 atom stereocenters. The van der Waals surface area contributed by atoms with Gasteiger partial charge in [-0.3, -0.25) is 9.00 Å². The van der Waals surface area contributed by atoms with Gasteiger partial charge in [0.25, 0.3) is 0 Å². The van der Waals surface area contributed by atoms with E-state index >= 15 is 0 Å². The number of alkyl halides is 3. The first-order chi connectivity index (χ1) is 8.82. The van der Waals surface area contributed by atoms with Crippen LogP contribution in [0.4, 0.5) is 13.2 Å². The lowest BCUT2D eigenvalue weighted by atomic mass is 9.96. The molecule has 7 heteroatoms. The van der Waals surface area contributed by atoms with Crippen LogP contribution in [-0.4, -0.2) is 15.0 Å². The molecular weight excluding hydrogens is 281 g/mol. The number of hydrogen-bond donors (Lipinski definition) is 0. The van der Waals surface area contributed by atoms with E-state index < -0.39 is 28.6 Å². The first-order valence-electron chi connectivity index (χ1n) is 5.58. The smallest absolute Gasteiger partial charge is 0.416 e. The van der Waals surface area contributed by atoms with E-state index in [-0.39, 0.29) is 22.6 Å². The monoisotopic (exact) mass is 291 g/mol. The maximum absolute atomic E-state index is 12.9. The molecule has 1 aromatic carbocycles. The Bertz CT molecular complexity index is 536. The number of halogens is 3. The summed E-state index contributed by atoms with van der Waals surface area (Å²) in [5.41, 5.74) is -0.838. The second kappa shape index (κ2) is 5.05. The van der Waals surface area contributed by atoms with E-state index in [4.69, 9.17) is 0 Å². The van der Waals surface area contributed by atoms with Gasteiger partial charge < -0.3 is 4.55 Å². The Hall–Kier alpha value is -1.21. The van der Waals surface area contributed by atoms with Gasteiger partial charge in [0, 0.05) is 11.3 Å². The third-order valence-corrected chi connectivity index (χ3v) is 3.58. The molecule has 0 amide bonds. The first-order valence-corrected chi connectivity index (χ1v) is 6.82. The minimum atomic E-state index is -4.54. The third-order valence-electron chi connectivity index (χ3n) is 3.03. The van der Waals surface area contributed by atoms with E-state index in [0.717, 1.165) is 6.07 Å². The van der Waals surface area contributed by atoms with E-state index in [1.807, 2.05) is 0 Å². The van der Waals surface area contributed by atoms with Crippen molar-refractivity contribution in [3.05, 3.63) is 34.4 Å². The van der Waals surface area contributed by atoms with Gasteiger partial charge >= 0.3 is 6.18 Å². The van der Waals surface area contributed by atoms with Gasteiger partial charge in [-0.25, -0.2) is 0 Å². The molecule has 0 heterocycles. The number of aldehydes is 1. The largest absolute Gasteiger partial charge is 0.772 e. The Balaban J connectivity index is 2.56. The van der Waals surface area contributed by atoms with Gasteiger partial charge in [-0.05, 0) is 42.0 Å². The normalized spacial score (nSPS) is 17.3. The molecule has 0 spiro atoms. The summed E-state index contributed by atoms with van der Waals surface area (Å²) in [5.74, 6) is -0.774. The Morgan fingerprint density at radius 1 is 1.37 bits per heavy atom. The summed E-state index contributed by atoms with van der Waals surface area (Å²) < 4.78 is 60.1. The van der Waals surface area contributed by atoms with Gasteiger partial charge in [-0.15, -0.1) is 0 Å². The number of hydrogen-bond acceptors (Lipinski definition) is 3. The predicted molar refractivity (Wildman–Crippen MR) is 61.4 cm³/mol. The van der Waals surface area contributed by atoms with Gasteiger partial charge in [-0.2, -0.15) is 13.2 Å². The topological polar surface area (TPSA) is 57.2 Å². The fourth-order valence-electron chi connectivity index (χ4n) is 2.02. The quantitative estimate of drug-likeness (QED) is 0.633. The average molecular weight is 291 g/mol. The molecule has 104 valence electrons. The van der Waals surface area contributed by atoms with Crippen molar-refractivity contribution in [1.29, 1.82) is 0 Å². The number of rotatable bonds is 4. The molecule has 1 saturated carbocycles. The van der Waals surface area contributed by atoms with E-state index in [1.165, 1.54) is 6.07 Å².